The van der Waals surface area contributed by atoms with Crippen LogP contribution in [0.3, 0.4) is 0 Å². The lowest BCUT2D eigenvalue weighted by atomic mass is 9.65. The molecular weight excluding hydrogens is 544 g/mol. The van der Waals surface area contributed by atoms with Crippen molar-refractivity contribution in [2.45, 2.75) is 76.8 Å². The summed E-state index contributed by atoms with van der Waals surface area (Å²) in [5.41, 5.74) is 2.19. The van der Waals surface area contributed by atoms with Crippen LogP contribution in [0.25, 0.3) is 0 Å². The third kappa shape index (κ3) is 5.01. The molecule has 0 radical (unpaired) electrons. The molecule has 40 heavy (non-hydrogen) atoms. The molecule has 6 rings (SSSR count). The standard InChI is InChI=1S/C30H40N4O4S2/c1-29(2)15-21-16-30(3,18-29)19-34(21)40(37,38)22-9-7-20(8-10-22)26(35)31-27-25(28(36)33-12-5-6-13-33)23-11-14-32(4)17-24(23)39-27/h7-10,21H,5-6,11-19H2,1-4H3,(H,31,35). The van der Waals surface area contributed by atoms with Crippen molar-refractivity contribution < 1.29 is 18.0 Å². The zero-order valence-corrected chi connectivity index (χ0v) is 25.6. The Hall–Kier alpha value is -2.27. The van der Waals surface area contributed by atoms with Crippen LogP contribution in [0.15, 0.2) is 29.2 Å². The number of likely N-dealkylation sites (tertiary alicyclic amines) is 1. The molecule has 2 unspecified atom stereocenters. The van der Waals surface area contributed by atoms with E-state index in [0.29, 0.717) is 22.7 Å². The molecule has 10 heteroatoms. The van der Waals surface area contributed by atoms with E-state index in [1.165, 1.54) is 11.3 Å². The van der Waals surface area contributed by atoms with Crippen molar-refractivity contribution in [1.82, 2.24) is 14.1 Å². The molecule has 1 aromatic carbocycles. The Morgan fingerprint density at radius 2 is 1.73 bits per heavy atom. The molecule has 3 aliphatic heterocycles. The van der Waals surface area contributed by atoms with Crippen molar-refractivity contribution in [2.75, 3.05) is 38.5 Å². The second kappa shape index (κ2) is 9.93. The van der Waals surface area contributed by atoms with Gasteiger partial charge in [-0.1, -0.05) is 20.8 Å². The van der Waals surface area contributed by atoms with E-state index < -0.39 is 10.0 Å². The van der Waals surface area contributed by atoms with E-state index in [9.17, 15) is 18.0 Å². The summed E-state index contributed by atoms with van der Waals surface area (Å²) in [4.78, 5) is 32.4. The first-order valence-corrected chi connectivity index (χ1v) is 16.7. The number of amides is 2. The Bertz CT molecular complexity index is 1440. The molecule has 0 spiro atoms. The highest BCUT2D eigenvalue weighted by Gasteiger charge is 2.53. The number of sulfonamides is 1. The molecule has 2 bridgehead atoms. The maximum Gasteiger partial charge on any atom is 0.257 e. The summed E-state index contributed by atoms with van der Waals surface area (Å²) >= 11 is 1.48. The quantitative estimate of drug-likeness (QED) is 0.545. The number of carbonyl (C=O) groups excluding carboxylic acids is 2. The lowest BCUT2D eigenvalue weighted by molar-refractivity contribution is 0.0792. The molecule has 4 aliphatic rings. The largest absolute Gasteiger partial charge is 0.339 e. The number of likely N-dealkylation sites (N-methyl/N-ethyl adjacent to an activating group) is 1. The Labute approximate surface area is 241 Å². The van der Waals surface area contributed by atoms with Crippen molar-refractivity contribution in [3.05, 3.63) is 45.8 Å². The Balaban J connectivity index is 1.23. The van der Waals surface area contributed by atoms with Crippen molar-refractivity contribution in [3.8, 4) is 0 Å². The van der Waals surface area contributed by atoms with Gasteiger partial charge in [0, 0.05) is 49.2 Å². The van der Waals surface area contributed by atoms with Crippen LogP contribution in [-0.4, -0.2) is 73.6 Å². The average Bonchev–Trinajstić information content (AvgIpc) is 3.59. The van der Waals surface area contributed by atoms with Gasteiger partial charge in [-0.05, 0) is 86.2 Å². The summed E-state index contributed by atoms with van der Waals surface area (Å²) in [6.07, 6.45) is 5.58. The minimum absolute atomic E-state index is 0.00178. The van der Waals surface area contributed by atoms with Crippen LogP contribution in [0.4, 0.5) is 5.00 Å². The monoisotopic (exact) mass is 584 g/mol. The lowest BCUT2D eigenvalue weighted by Crippen LogP contribution is -2.37. The topological polar surface area (TPSA) is 90.0 Å². The predicted molar refractivity (Wildman–Crippen MR) is 157 cm³/mol. The number of hydrogen-bond acceptors (Lipinski definition) is 6. The average molecular weight is 585 g/mol. The number of thiophene rings is 1. The van der Waals surface area contributed by atoms with Crippen LogP contribution in [0, 0.1) is 10.8 Å². The molecule has 1 saturated carbocycles. The summed E-state index contributed by atoms with van der Waals surface area (Å²) in [6.45, 7) is 10.3. The van der Waals surface area contributed by atoms with Crippen LogP contribution in [0.2, 0.25) is 0 Å². The fraction of sp³-hybridized carbons (Fsp3) is 0.600. The van der Waals surface area contributed by atoms with E-state index in [1.54, 1.807) is 28.6 Å². The molecule has 3 fully saturated rings. The normalized spacial score (nSPS) is 26.6. The molecular formula is C30H40N4O4S2. The van der Waals surface area contributed by atoms with Crippen molar-refractivity contribution in [1.29, 1.82) is 0 Å². The van der Waals surface area contributed by atoms with E-state index in [-0.39, 0.29) is 33.6 Å². The van der Waals surface area contributed by atoms with Crippen molar-refractivity contribution in [3.63, 3.8) is 0 Å². The molecule has 2 aromatic rings. The number of benzene rings is 1. The first-order valence-electron chi connectivity index (χ1n) is 14.4. The summed E-state index contributed by atoms with van der Waals surface area (Å²) in [7, 11) is -1.60. The van der Waals surface area contributed by atoms with Gasteiger partial charge >= 0.3 is 0 Å². The molecule has 1 N–H and O–H groups in total. The number of nitrogens with one attached hydrogen (secondary N) is 1. The van der Waals surface area contributed by atoms with Gasteiger partial charge in [0.2, 0.25) is 10.0 Å². The van der Waals surface area contributed by atoms with Crippen LogP contribution in [-0.2, 0) is 23.0 Å². The smallest absolute Gasteiger partial charge is 0.257 e. The number of anilines is 1. The maximum absolute atomic E-state index is 13.7. The SMILES string of the molecule is CN1CCc2c(sc(NC(=O)c3ccc(S(=O)(=O)N4CC5(C)CC4CC(C)(C)C5)cc3)c2C(=O)N2CCCC2)C1. The third-order valence-corrected chi connectivity index (χ3v) is 12.2. The molecule has 2 saturated heterocycles. The second-order valence-electron chi connectivity index (χ2n) is 13.4. The zero-order chi connectivity index (χ0) is 28.4. The van der Waals surface area contributed by atoms with Crippen LogP contribution >= 0.6 is 11.3 Å². The lowest BCUT2D eigenvalue weighted by Gasteiger charge is -2.39. The predicted octanol–water partition coefficient (Wildman–Crippen LogP) is 4.81. The number of rotatable bonds is 5. The van der Waals surface area contributed by atoms with Crippen molar-refractivity contribution in [2.24, 2.45) is 10.8 Å². The van der Waals surface area contributed by atoms with Gasteiger partial charge in [0.05, 0.1) is 10.5 Å². The summed E-state index contributed by atoms with van der Waals surface area (Å²) in [5.74, 6) is -0.332. The van der Waals surface area contributed by atoms with E-state index in [1.807, 2.05) is 4.90 Å². The van der Waals surface area contributed by atoms with E-state index >= 15 is 0 Å². The maximum atomic E-state index is 13.7. The molecule has 1 aromatic heterocycles. The Morgan fingerprint density at radius 1 is 1.02 bits per heavy atom. The van der Waals surface area contributed by atoms with Gasteiger partial charge in [-0.15, -0.1) is 11.3 Å². The van der Waals surface area contributed by atoms with E-state index in [0.717, 1.165) is 75.1 Å². The van der Waals surface area contributed by atoms with Crippen molar-refractivity contribution >= 4 is 38.2 Å². The van der Waals surface area contributed by atoms with Gasteiger partial charge in [0.1, 0.15) is 5.00 Å². The highest BCUT2D eigenvalue weighted by molar-refractivity contribution is 7.89. The number of carbonyl (C=O) groups is 2. The zero-order valence-electron chi connectivity index (χ0n) is 24.0. The summed E-state index contributed by atoms with van der Waals surface area (Å²) in [6, 6.07) is 6.27. The number of nitrogens with zero attached hydrogens (tertiary/aromatic N) is 3. The second-order valence-corrected chi connectivity index (χ2v) is 16.4. The van der Waals surface area contributed by atoms with Crippen LogP contribution < -0.4 is 5.32 Å². The first-order chi connectivity index (χ1) is 18.9. The highest BCUT2D eigenvalue weighted by Crippen LogP contribution is 2.53. The van der Waals surface area contributed by atoms with Gasteiger partial charge in [-0.3, -0.25) is 9.59 Å². The molecule has 4 heterocycles. The fourth-order valence-electron chi connectivity index (χ4n) is 7.70. The van der Waals surface area contributed by atoms with Gasteiger partial charge in [0.25, 0.3) is 11.8 Å². The number of fused-ring (bicyclic) bond motifs is 3. The molecule has 8 nitrogen and oxygen atoms in total. The minimum Gasteiger partial charge on any atom is -0.339 e. The summed E-state index contributed by atoms with van der Waals surface area (Å²) < 4.78 is 29.0. The highest BCUT2D eigenvalue weighted by atomic mass is 32.2. The van der Waals surface area contributed by atoms with Gasteiger partial charge in [0.15, 0.2) is 0 Å². The Morgan fingerprint density at radius 3 is 2.42 bits per heavy atom. The van der Waals surface area contributed by atoms with Gasteiger partial charge in [-0.2, -0.15) is 4.31 Å². The summed E-state index contributed by atoms with van der Waals surface area (Å²) in [5, 5.41) is 3.61. The van der Waals surface area contributed by atoms with E-state index in [4.69, 9.17) is 0 Å². The molecule has 2 amide bonds. The molecule has 216 valence electrons. The third-order valence-electron chi connectivity index (χ3n) is 9.17. The minimum atomic E-state index is -3.67. The van der Waals surface area contributed by atoms with Crippen LogP contribution in [0.5, 0.6) is 0 Å². The Kier molecular flexibility index (Phi) is 6.92. The fourth-order valence-corrected chi connectivity index (χ4v) is 10.8. The molecule has 1 aliphatic carbocycles. The van der Waals surface area contributed by atoms with Crippen LogP contribution in [0.1, 0.15) is 84.0 Å². The van der Waals surface area contributed by atoms with Gasteiger partial charge in [-0.25, -0.2) is 8.42 Å². The first kappa shape index (κ1) is 27.9. The number of hydrogen-bond donors (Lipinski definition) is 1. The van der Waals surface area contributed by atoms with Gasteiger partial charge < -0.3 is 15.1 Å². The van der Waals surface area contributed by atoms with E-state index in [2.05, 4.69) is 38.0 Å². The molecule has 2 atom stereocenters.